The van der Waals surface area contributed by atoms with E-state index in [9.17, 15) is 0 Å². The molecule has 0 amide bonds. The molecule has 4 nitrogen and oxygen atoms in total. The molecule has 4 heteroatoms. The summed E-state index contributed by atoms with van der Waals surface area (Å²) < 4.78 is 6.66. The van der Waals surface area contributed by atoms with Crippen LogP contribution in [0.3, 0.4) is 0 Å². The molecule has 0 unspecified atom stereocenters. The van der Waals surface area contributed by atoms with Crippen molar-refractivity contribution in [2.45, 2.75) is 0 Å². The Morgan fingerprint density at radius 1 is 0.347 bits per heavy atom. The first kappa shape index (κ1) is 27.5. The summed E-state index contributed by atoms with van der Waals surface area (Å²) in [6.07, 6.45) is 0. The molecule has 8 aromatic carbocycles. The van der Waals surface area contributed by atoms with E-state index in [4.69, 9.17) is 19.4 Å². The Bertz CT molecular complexity index is 2890. The van der Waals surface area contributed by atoms with Gasteiger partial charge in [0.1, 0.15) is 11.2 Å². The lowest BCUT2D eigenvalue weighted by atomic mass is 9.94. The number of furan rings is 1. The maximum absolute atomic E-state index is 6.66. The summed E-state index contributed by atoms with van der Waals surface area (Å²) in [6, 6.07) is 56.9. The molecule has 0 N–H and O–H groups in total. The van der Waals surface area contributed by atoms with Crippen LogP contribution < -0.4 is 0 Å². The second kappa shape index (κ2) is 11.0. The van der Waals surface area contributed by atoms with Crippen LogP contribution in [-0.2, 0) is 0 Å². The smallest absolute Gasteiger partial charge is 0.164 e. The van der Waals surface area contributed by atoms with Gasteiger partial charge in [-0.25, -0.2) is 15.0 Å². The van der Waals surface area contributed by atoms with E-state index in [0.29, 0.717) is 17.5 Å². The zero-order valence-corrected chi connectivity index (χ0v) is 26.3. The third kappa shape index (κ3) is 4.57. The van der Waals surface area contributed by atoms with Crippen molar-refractivity contribution < 1.29 is 4.42 Å². The van der Waals surface area contributed by atoms with Crippen LogP contribution in [-0.4, -0.2) is 15.0 Å². The van der Waals surface area contributed by atoms with Crippen LogP contribution in [0.5, 0.6) is 0 Å². The van der Waals surface area contributed by atoms with Gasteiger partial charge in [0.25, 0.3) is 0 Å². The van der Waals surface area contributed by atoms with Gasteiger partial charge in [-0.1, -0.05) is 133 Å². The normalized spacial score (nSPS) is 11.7. The molecule has 0 spiro atoms. The number of fused-ring (bicyclic) bond motifs is 7. The number of nitrogens with zero attached hydrogens (tertiary/aromatic N) is 3. The van der Waals surface area contributed by atoms with E-state index in [1.807, 2.05) is 42.5 Å². The summed E-state index contributed by atoms with van der Waals surface area (Å²) >= 11 is 0. The quantitative estimate of drug-likeness (QED) is 0.183. The largest absolute Gasteiger partial charge is 0.455 e. The topological polar surface area (TPSA) is 51.8 Å². The molecule has 0 saturated heterocycles. The molecule has 228 valence electrons. The van der Waals surface area contributed by atoms with Gasteiger partial charge in [-0.3, -0.25) is 0 Å². The Morgan fingerprint density at radius 2 is 0.959 bits per heavy atom. The van der Waals surface area contributed by atoms with E-state index in [-0.39, 0.29) is 0 Å². The molecule has 0 radical (unpaired) electrons. The van der Waals surface area contributed by atoms with Gasteiger partial charge in [0.05, 0.1) is 0 Å². The summed E-state index contributed by atoms with van der Waals surface area (Å²) in [5.74, 6) is 1.83. The molecule has 2 aromatic heterocycles. The van der Waals surface area contributed by atoms with E-state index in [1.54, 1.807) is 0 Å². The zero-order chi connectivity index (χ0) is 32.3. The van der Waals surface area contributed by atoms with Crippen LogP contribution in [0.25, 0.3) is 99.5 Å². The lowest BCUT2D eigenvalue weighted by molar-refractivity contribution is 0.670. The van der Waals surface area contributed by atoms with Gasteiger partial charge in [0.15, 0.2) is 17.5 Å². The summed E-state index contributed by atoms with van der Waals surface area (Å²) in [5, 5.41) is 9.22. The lowest BCUT2D eigenvalue weighted by Crippen LogP contribution is -2.01. The van der Waals surface area contributed by atoms with Crippen molar-refractivity contribution in [1.82, 2.24) is 15.0 Å². The van der Waals surface area contributed by atoms with Gasteiger partial charge in [-0.05, 0) is 68.2 Å². The molecular formula is C45H27N3O. The van der Waals surface area contributed by atoms with Crippen molar-refractivity contribution in [3.63, 3.8) is 0 Å². The number of hydrogen-bond donors (Lipinski definition) is 0. The SMILES string of the molecule is c1ccc(-c2nc(-c3ccc4ccc5ccccc5c4c3)nc(-c3ccc4c(oc5ccccc54)c3-c3ccc4ccccc4c3)n2)cc1. The van der Waals surface area contributed by atoms with E-state index < -0.39 is 0 Å². The Morgan fingerprint density at radius 3 is 1.82 bits per heavy atom. The van der Waals surface area contributed by atoms with Gasteiger partial charge in [0.2, 0.25) is 0 Å². The molecule has 2 heterocycles. The maximum atomic E-state index is 6.66. The molecule has 0 aliphatic carbocycles. The molecule has 0 fully saturated rings. The van der Waals surface area contributed by atoms with E-state index in [1.165, 1.54) is 26.9 Å². The number of para-hydroxylation sites is 1. The number of benzene rings is 8. The second-order valence-corrected chi connectivity index (χ2v) is 12.4. The summed E-state index contributed by atoms with van der Waals surface area (Å²) in [4.78, 5) is 15.5. The Hall–Kier alpha value is -6.65. The summed E-state index contributed by atoms with van der Waals surface area (Å²) in [5.41, 5.74) is 6.40. The van der Waals surface area contributed by atoms with Crippen molar-refractivity contribution in [2.75, 3.05) is 0 Å². The van der Waals surface area contributed by atoms with Gasteiger partial charge >= 0.3 is 0 Å². The van der Waals surface area contributed by atoms with Crippen molar-refractivity contribution in [3.8, 4) is 45.3 Å². The minimum atomic E-state index is 0.590. The highest BCUT2D eigenvalue weighted by molar-refractivity contribution is 6.13. The van der Waals surface area contributed by atoms with Crippen molar-refractivity contribution >= 4 is 54.3 Å². The van der Waals surface area contributed by atoms with Gasteiger partial charge in [-0.2, -0.15) is 0 Å². The van der Waals surface area contributed by atoms with E-state index >= 15 is 0 Å². The monoisotopic (exact) mass is 625 g/mol. The fourth-order valence-electron chi connectivity index (χ4n) is 7.09. The highest BCUT2D eigenvalue weighted by Gasteiger charge is 2.21. The van der Waals surface area contributed by atoms with Crippen LogP contribution in [0.15, 0.2) is 168 Å². The molecular weight excluding hydrogens is 599 g/mol. The molecule has 10 aromatic rings. The molecule has 0 aliphatic heterocycles. The fourth-order valence-corrected chi connectivity index (χ4v) is 7.09. The molecule has 0 bridgehead atoms. The lowest BCUT2D eigenvalue weighted by Gasteiger charge is -2.14. The van der Waals surface area contributed by atoms with Crippen LogP contribution in [0, 0.1) is 0 Å². The van der Waals surface area contributed by atoms with Crippen molar-refractivity contribution in [2.24, 2.45) is 0 Å². The van der Waals surface area contributed by atoms with Crippen LogP contribution in [0.1, 0.15) is 0 Å². The first-order valence-electron chi connectivity index (χ1n) is 16.4. The molecule has 0 aliphatic rings. The third-order valence-electron chi connectivity index (χ3n) is 9.50. The van der Waals surface area contributed by atoms with Crippen LogP contribution in [0.4, 0.5) is 0 Å². The van der Waals surface area contributed by atoms with Gasteiger partial charge < -0.3 is 4.42 Å². The highest BCUT2D eigenvalue weighted by atomic mass is 16.3. The van der Waals surface area contributed by atoms with Gasteiger partial charge in [-0.15, -0.1) is 0 Å². The zero-order valence-electron chi connectivity index (χ0n) is 26.3. The predicted molar refractivity (Wildman–Crippen MR) is 201 cm³/mol. The average molecular weight is 626 g/mol. The van der Waals surface area contributed by atoms with Crippen molar-refractivity contribution in [3.05, 3.63) is 164 Å². The number of rotatable bonds is 4. The summed E-state index contributed by atoms with van der Waals surface area (Å²) in [7, 11) is 0. The first-order chi connectivity index (χ1) is 24.3. The second-order valence-electron chi connectivity index (χ2n) is 12.4. The fraction of sp³-hybridized carbons (Fsp3) is 0. The molecule has 49 heavy (non-hydrogen) atoms. The first-order valence-corrected chi connectivity index (χ1v) is 16.4. The minimum absolute atomic E-state index is 0.590. The van der Waals surface area contributed by atoms with E-state index in [0.717, 1.165) is 55.1 Å². The van der Waals surface area contributed by atoms with E-state index in [2.05, 4.69) is 121 Å². The predicted octanol–water partition coefficient (Wildman–Crippen LogP) is 11.9. The number of aromatic nitrogens is 3. The number of hydrogen-bond acceptors (Lipinski definition) is 4. The average Bonchev–Trinajstić information content (AvgIpc) is 3.56. The molecule has 0 atom stereocenters. The Labute approximate surface area is 282 Å². The molecule has 10 rings (SSSR count). The molecule has 0 saturated carbocycles. The van der Waals surface area contributed by atoms with Crippen molar-refractivity contribution in [1.29, 1.82) is 0 Å². The maximum Gasteiger partial charge on any atom is 0.164 e. The van der Waals surface area contributed by atoms with Crippen LogP contribution in [0.2, 0.25) is 0 Å². The van der Waals surface area contributed by atoms with Gasteiger partial charge in [0, 0.05) is 33.0 Å². The minimum Gasteiger partial charge on any atom is -0.455 e. The Balaban J connectivity index is 1.26. The Kier molecular flexibility index (Phi) is 6.15. The van der Waals surface area contributed by atoms with Crippen LogP contribution >= 0.6 is 0 Å². The third-order valence-corrected chi connectivity index (χ3v) is 9.50. The standard InChI is InChI=1S/C45H27N3O/c1-2-12-31(13-3-1)43-46-44(34-23-21-30-20-19-29-11-6-7-15-35(29)39(30)27-34)48-45(47-43)38-25-24-37-36-16-8-9-17-40(36)49-42(37)41(38)33-22-18-28-10-4-5-14-32(28)26-33/h1-27H. The summed E-state index contributed by atoms with van der Waals surface area (Å²) in [6.45, 7) is 0. The highest BCUT2D eigenvalue weighted by Crippen LogP contribution is 2.42.